The molecule has 2 aromatic carbocycles. The van der Waals surface area contributed by atoms with Crippen molar-refractivity contribution < 1.29 is 9.59 Å². The highest BCUT2D eigenvalue weighted by molar-refractivity contribution is 6.05. The summed E-state index contributed by atoms with van der Waals surface area (Å²) in [5, 5.41) is 5.13. The zero-order valence-corrected chi connectivity index (χ0v) is 18.2. The molecule has 2 heterocycles. The standard InChI is InChI=1S/C24H24N6O3/c1-2-3-9-14-30-24(33)19-13-8-7-12-18(19)21(28-30)23(32)27-26-22(31)20-15-25-16-29(20)17-10-5-4-6-11-17/h4-8,10-13,15-16H,2-3,9,14H2,1H3,(H,26,31)(H,27,32). The number of hydrogen-bond donors (Lipinski definition) is 2. The fourth-order valence-corrected chi connectivity index (χ4v) is 3.56. The number of para-hydroxylation sites is 1. The molecule has 0 atom stereocenters. The fraction of sp³-hybridized carbons (Fsp3) is 0.208. The highest BCUT2D eigenvalue weighted by atomic mass is 16.2. The molecule has 0 aliphatic carbocycles. The second-order valence-electron chi connectivity index (χ2n) is 7.52. The van der Waals surface area contributed by atoms with Gasteiger partial charge in [-0.25, -0.2) is 9.67 Å². The van der Waals surface area contributed by atoms with Crippen molar-refractivity contribution >= 4 is 22.6 Å². The number of carbonyl (C=O) groups is 2. The van der Waals surface area contributed by atoms with Crippen LogP contribution in [-0.4, -0.2) is 31.1 Å². The average Bonchev–Trinajstić information content (AvgIpc) is 3.35. The fourth-order valence-electron chi connectivity index (χ4n) is 3.56. The normalized spacial score (nSPS) is 10.8. The monoisotopic (exact) mass is 444 g/mol. The SMILES string of the molecule is CCCCCn1nc(C(=O)NNC(=O)c2cncn2-c2ccccc2)c2ccccc2c1=O. The maximum Gasteiger partial charge on any atom is 0.290 e. The van der Waals surface area contributed by atoms with Crippen LogP contribution in [0, 0.1) is 0 Å². The Bertz CT molecular complexity index is 1340. The zero-order chi connectivity index (χ0) is 23.2. The third-order valence-electron chi connectivity index (χ3n) is 5.25. The summed E-state index contributed by atoms with van der Waals surface area (Å²) in [7, 11) is 0. The molecule has 0 fully saturated rings. The number of nitrogens with zero attached hydrogens (tertiary/aromatic N) is 4. The van der Waals surface area contributed by atoms with E-state index >= 15 is 0 Å². The molecule has 9 heteroatoms. The Labute approximate surface area is 190 Å². The molecule has 0 bridgehead atoms. The van der Waals surface area contributed by atoms with Crippen LogP contribution in [0.1, 0.15) is 47.2 Å². The van der Waals surface area contributed by atoms with Crippen LogP contribution in [0.2, 0.25) is 0 Å². The van der Waals surface area contributed by atoms with Crippen LogP contribution in [-0.2, 0) is 6.54 Å². The number of fused-ring (bicyclic) bond motifs is 1. The predicted octanol–water partition coefficient (Wildman–Crippen LogP) is 2.85. The van der Waals surface area contributed by atoms with Gasteiger partial charge in [-0.15, -0.1) is 0 Å². The van der Waals surface area contributed by atoms with Gasteiger partial charge in [-0.2, -0.15) is 5.10 Å². The maximum atomic E-state index is 13.0. The van der Waals surface area contributed by atoms with E-state index in [4.69, 9.17) is 0 Å². The van der Waals surface area contributed by atoms with E-state index in [1.54, 1.807) is 28.8 Å². The van der Waals surface area contributed by atoms with Crippen molar-refractivity contribution in [3.63, 3.8) is 0 Å². The summed E-state index contributed by atoms with van der Waals surface area (Å²) >= 11 is 0. The largest absolute Gasteiger partial charge is 0.295 e. The van der Waals surface area contributed by atoms with E-state index in [1.165, 1.54) is 17.2 Å². The summed E-state index contributed by atoms with van der Waals surface area (Å²) in [6.07, 6.45) is 5.67. The van der Waals surface area contributed by atoms with Crippen molar-refractivity contribution in [2.75, 3.05) is 0 Å². The Hall–Kier alpha value is -4.27. The van der Waals surface area contributed by atoms with E-state index < -0.39 is 11.8 Å². The summed E-state index contributed by atoms with van der Waals surface area (Å²) in [5.41, 5.74) is 5.67. The van der Waals surface area contributed by atoms with Crippen molar-refractivity contribution in [1.29, 1.82) is 0 Å². The molecule has 0 radical (unpaired) electrons. The molecular weight excluding hydrogens is 420 g/mol. The van der Waals surface area contributed by atoms with Crippen LogP contribution < -0.4 is 16.4 Å². The van der Waals surface area contributed by atoms with Gasteiger partial charge in [-0.1, -0.05) is 56.2 Å². The Morgan fingerprint density at radius 3 is 2.36 bits per heavy atom. The first kappa shape index (κ1) is 21.9. The lowest BCUT2D eigenvalue weighted by Crippen LogP contribution is -2.43. The van der Waals surface area contributed by atoms with Gasteiger partial charge in [0.2, 0.25) is 0 Å². The van der Waals surface area contributed by atoms with Gasteiger partial charge >= 0.3 is 0 Å². The molecule has 2 N–H and O–H groups in total. The van der Waals surface area contributed by atoms with Gasteiger partial charge in [0.25, 0.3) is 17.4 Å². The molecular formula is C24H24N6O3. The van der Waals surface area contributed by atoms with Crippen LogP contribution in [0.15, 0.2) is 71.9 Å². The van der Waals surface area contributed by atoms with Gasteiger partial charge in [0.1, 0.15) is 5.69 Å². The molecule has 9 nitrogen and oxygen atoms in total. The van der Waals surface area contributed by atoms with E-state index in [0.717, 1.165) is 24.9 Å². The number of rotatable bonds is 7. The van der Waals surface area contributed by atoms with E-state index in [9.17, 15) is 14.4 Å². The minimum atomic E-state index is -0.616. The van der Waals surface area contributed by atoms with Crippen LogP contribution in [0.25, 0.3) is 16.5 Å². The molecule has 0 spiro atoms. The molecule has 0 saturated heterocycles. The number of nitrogens with one attached hydrogen (secondary N) is 2. The van der Waals surface area contributed by atoms with Crippen molar-refractivity contribution in [3.8, 4) is 5.69 Å². The highest BCUT2D eigenvalue weighted by Gasteiger charge is 2.19. The minimum Gasteiger partial charge on any atom is -0.295 e. The molecule has 0 aliphatic rings. The molecule has 168 valence electrons. The molecule has 4 aromatic rings. The molecule has 33 heavy (non-hydrogen) atoms. The first-order valence-electron chi connectivity index (χ1n) is 10.8. The first-order chi connectivity index (χ1) is 16.1. The Balaban J connectivity index is 1.56. The van der Waals surface area contributed by atoms with Crippen LogP contribution >= 0.6 is 0 Å². The number of imidazole rings is 1. The van der Waals surface area contributed by atoms with E-state index in [0.29, 0.717) is 17.3 Å². The number of carbonyl (C=O) groups excluding carboxylic acids is 2. The van der Waals surface area contributed by atoms with Crippen LogP contribution in [0.3, 0.4) is 0 Å². The second-order valence-corrected chi connectivity index (χ2v) is 7.52. The Morgan fingerprint density at radius 1 is 0.909 bits per heavy atom. The minimum absolute atomic E-state index is 0.0681. The molecule has 0 aliphatic heterocycles. The molecule has 4 rings (SSSR count). The number of aromatic nitrogens is 4. The van der Waals surface area contributed by atoms with Crippen LogP contribution in [0.4, 0.5) is 0 Å². The van der Waals surface area contributed by atoms with Crippen LogP contribution in [0.5, 0.6) is 0 Å². The van der Waals surface area contributed by atoms with Crippen molar-refractivity contribution in [1.82, 2.24) is 30.2 Å². The van der Waals surface area contributed by atoms with E-state index in [2.05, 4.69) is 27.9 Å². The second kappa shape index (κ2) is 9.90. The van der Waals surface area contributed by atoms with E-state index in [1.807, 2.05) is 30.3 Å². The molecule has 0 saturated carbocycles. The quantitative estimate of drug-likeness (QED) is 0.336. The predicted molar refractivity (Wildman–Crippen MR) is 124 cm³/mol. The van der Waals surface area contributed by atoms with Gasteiger partial charge in [0, 0.05) is 17.6 Å². The lowest BCUT2D eigenvalue weighted by atomic mass is 10.1. The number of amides is 2. The lowest BCUT2D eigenvalue weighted by Gasteiger charge is -2.12. The van der Waals surface area contributed by atoms with Gasteiger partial charge in [-0.05, 0) is 24.6 Å². The smallest absolute Gasteiger partial charge is 0.290 e. The van der Waals surface area contributed by atoms with Crippen molar-refractivity contribution in [2.24, 2.45) is 0 Å². The molecule has 2 amide bonds. The van der Waals surface area contributed by atoms with Gasteiger partial charge in [0.15, 0.2) is 5.69 Å². The third kappa shape index (κ3) is 4.67. The van der Waals surface area contributed by atoms with Crippen molar-refractivity contribution in [3.05, 3.63) is 88.9 Å². The number of aryl methyl sites for hydroxylation is 1. The zero-order valence-electron chi connectivity index (χ0n) is 18.2. The number of hydrogen-bond acceptors (Lipinski definition) is 5. The highest BCUT2D eigenvalue weighted by Crippen LogP contribution is 2.14. The summed E-state index contributed by atoms with van der Waals surface area (Å²) in [5.74, 6) is -1.15. The summed E-state index contributed by atoms with van der Waals surface area (Å²) in [6, 6.07) is 16.1. The van der Waals surface area contributed by atoms with E-state index in [-0.39, 0.29) is 16.9 Å². The topological polar surface area (TPSA) is 111 Å². The summed E-state index contributed by atoms with van der Waals surface area (Å²) < 4.78 is 2.93. The molecule has 0 unspecified atom stereocenters. The number of hydrazine groups is 1. The number of unbranched alkanes of at least 4 members (excludes halogenated alkanes) is 2. The van der Waals surface area contributed by atoms with Gasteiger partial charge < -0.3 is 0 Å². The number of benzene rings is 2. The van der Waals surface area contributed by atoms with Gasteiger partial charge in [-0.3, -0.25) is 29.8 Å². The lowest BCUT2D eigenvalue weighted by molar-refractivity contribution is 0.0840. The summed E-state index contributed by atoms with van der Waals surface area (Å²) in [4.78, 5) is 42.5. The average molecular weight is 444 g/mol. The Morgan fingerprint density at radius 2 is 1.61 bits per heavy atom. The van der Waals surface area contributed by atoms with Gasteiger partial charge in [0.05, 0.1) is 17.9 Å². The maximum absolute atomic E-state index is 13.0. The third-order valence-corrected chi connectivity index (χ3v) is 5.25. The Kier molecular flexibility index (Phi) is 6.58. The molecule has 2 aromatic heterocycles. The van der Waals surface area contributed by atoms with Crippen molar-refractivity contribution in [2.45, 2.75) is 32.7 Å². The summed E-state index contributed by atoms with van der Waals surface area (Å²) in [6.45, 7) is 2.49. The first-order valence-corrected chi connectivity index (χ1v) is 10.8.